The molecular weight excluding hydrogens is 466 g/mol. The zero-order valence-corrected chi connectivity index (χ0v) is 21.9. The molecule has 0 atom stereocenters. The second-order valence-electron chi connectivity index (χ2n) is 10.1. The molecule has 4 rings (SSSR count). The standard InChI is InChI=1S/C29H35N5O3/c1-6-25(35)32-26-21-17-19(8-7-18(21)9-12-24(26)37-5)23-11-10-22(30)27(31-23)28(36)33-29(2)15-13-20(14-16-29)34(3)4/h6-12,17,20H,1,13-16,30H2,2-5H3,(H,32,35)(H,33,36). The number of nitrogens with one attached hydrogen (secondary N) is 2. The molecular formula is C29H35N5O3. The zero-order chi connectivity index (χ0) is 26.7. The molecule has 1 saturated carbocycles. The number of hydrogen-bond acceptors (Lipinski definition) is 6. The Morgan fingerprint density at radius 2 is 1.86 bits per heavy atom. The molecule has 1 fully saturated rings. The van der Waals surface area contributed by atoms with Gasteiger partial charge in [0.2, 0.25) is 5.91 Å². The summed E-state index contributed by atoms with van der Waals surface area (Å²) in [5.41, 5.74) is 8.36. The summed E-state index contributed by atoms with van der Waals surface area (Å²) in [5, 5.41) is 7.74. The van der Waals surface area contributed by atoms with Crippen LogP contribution in [-0.4, -0.2) is 54.5 Å². The number of pyridine rings is 1. The van der Waals surface area contributed by atoms with Crippen LogP contribution in [0.25, 0.3) is 22.0 Å². The van der Waals surface area contributed by atoms with Gasteiger partial charge in [-0.3, -0.25) is 9.59 Å². The third-order valence-electron chi connectivity index (χ3n) is 7.28. The van der Waals surface area contributed by atoms with E-state index in [0.717, 1.165) is 42.0 Å². The van der Waals surface area contributed by atoms with Gasteiger partial charge in [-0.05, 0) is 82.4 Å². The van der Waals surface area contributed by atoms with Crippen LogP contribution in [0, 0.1) is 0 Å². The molecule has 8 nitrogen and oxygen atoms in total. The van der Waals surface area contributed by atoms with Crippen LogP contribution in [0.1, 0.15) is 43.1 Å². The van der Waals surface area contributed by atoms with Gasteiger partial charge in [0.1, 0.15) is 5.75 Å². The minimum atomic E-state index is -0.339. The average molecular weight is 502 g/mol. The zero-order valence-electron chi connectivity index (χ0n) is 21.9. The molecule has 3 aromatic rings. The van der Waals surface area contributed by atoms with Gasteiger partial charge in [0.15, 0.2) is 5.69 Å². The number of benzene rings is 2. The van der Waals surface area contributed by atoms with Crippen LogP contribution in [0.3, 0.4) is 0 Å². The van der Waals surface area contributed by atoms with E-state index in [2.05, 4.69) is 48.1 Å². The fourth-order valence-corrected chi connectivity index (χ4v) is 4.96. The number of nitrogens with zero attached hydrogens (tertiary/aromatic N) is 2. The van der Waals surface area contributed by atoms with Crippen molar-refractivity contribution < 1.29 is 14.3 Å². The number of fused-ring (bicyclic) bond motifs is 1. The molecule has 0 aliphatic heterocycles. The first-order valence-electron chi connectivity index (χ1n) is 12.4. The predicted octanol–water partition coefficient (Wildman–Crippen LogP) is 4.61. The van der Waals surface area contributed by atoms with Gasteiger partial charge < -0.3 is 26.0 Å². The van der Waals surface area contributed by atoms with Crippen molar-refractivity contribution in [2.75, 3.05) is 32.3 Å². The van der Waals surface area contributed by atoms with Crippen molar-refractivity contribution in [3.05, 3.63) is 60.8 Å². The van der Waals surface area contributed by atoms with Crippen LogP contribution in [-0.2, 0) is 4.79 Å². The molecule has 1 aromatic heterocycles. The summed E-state index contributed by atoms with van der Waals surface area (Å²) in [6, 6.07) is 13.5. The first-order valence-corrected chi connectivity index (χ1v) is 12.4. The topological polar surface area (TPSA) is 110 Å². The molecule has 4 N–H and O–H groups in total. The van der Waals surface area contributed by atoms with Crippen LogP contribution in [0.2, 0.25) is 0 Å². The van der Waals surface area contributed by atoms with Gasteiger partial charge in [0.25, 0.3) is 5.91 Å². The monoisotopic (exact) mass is 501 g/mol. The molecule has 1 heterocycles. The van der Waals surface area contributed by atoms with Gasteiger partial charge >= 0.3 is 0 Å². The van der Waals surface area contributed by atoms with Gasteiger partial charge in [-0.2, -0.15) is 0 Å². The van der Waals surface area contributed by atoms with Crippen molar-refractivity contribution in [2.24, 2.45) is 0 Å². The molecule has 0 saturated heterocycles. The maximum Gasteiger partial charge on any atom is 0.272 e. The summed E-state index contributed by atoms with van der Waals surface area (Å²) in [6.07, 6.45) is 5.05. The van der Waals surface area contributed by atoms with Crippen LogP contribution in [0.15, 0.2) is 55.1 Å². The molecule has 2 amide bonds. The van der Waals surface area contributed by atoms with E-state index in [0.29, 0.717) is 28.9 Å². The molecule has 0 radical (unpaired) electrons. The number of rotatable bonds is 7. The SMILES string of the molecule is C=CC(=O)Nc1c(OC)ccc2ccc(-c3ccc(N)c(C(=O)NC4(C)CCC(N(C)C)CC4)n3)cc12. The second-order valence-corrected chi connectivity index (χ2v) is 10.1. The predicted molar refractivity (Wildman–Crippen MR) is 149 cm³/mol. The number of nitrogens with two attached hydrogens (primary N) is 1. The summed E-state index contributed by atoms with van der Waals surface area (Å²) in [7, 11) is 5.75. The van der Waals surface area contributed by atoms with Gasteiger partial charge in [-0.15, -0.1) is 0 Å². The number of methoxy groups -OCH3 is 1. The molecule has 2 aromatic carbocycles. The number of carbonyl (C=O) groups is 2. The van der Waals surface area contributed by atoms with E-state index >= 15 is 0 Å². The summed E-state index contributed by atoms with van der Waals surface area (Å²) in [6.45, 7) is 5.63. The highest BCUT2D eigenvalue weighted by atomic mass is 16.5. The van der Waals surface area contributed by atoms with Crippen LogP contribution in [0.4, 0.5) is 11.4 Å². The van der Waals surface area contributed by atoms with E-state index in [1.807, 2.05) is 24.3 Å². The fraction of sp³-hybridized carbons (Fsp3) is 0.345. The quantitative estimate of drug-likeness (QED) is 0.408. The van der Waals surface area contributed by atoms with Crippen molar-refractivity contribution in [1.29, 1.82) is 0 Å². The largest absolute Gasteiger partial charge is 0.495 e. The van der Waals surface area contributed by atoms with E-state index in [4.69, 9.17) is 10.5 Å². The third kappa shape index (κ3) is 5.59. The van der Waals surface area contributed by atoms with E-state index in [-0.39, 0.29) is 23.0 Å². The van der Waals surface area contributed by atoms with E-state index in [9.17, 15) is 9.59 Å². The number of carbonyl (C=O) groups excluding carboxylic acids is 2. The van der Waals surface area contributed by atoms with Crippen LogP contribution < -0.4 is 21.1 Å². The molecule has 37 heavy (non-hydrogen) atoms. The van der Waals surface area contributed by atoms with Crippen molar-refractivity contribution in [3.63, 3.8) is 0 Å². The van der Waals surface area contributed by atoms with Gasteiger partial charge in [0.05, 0.1) is 24.2 Å². The molecule has 0 spiro atoms. The third-order valence-corrected chi connectivity index (χ3v) is 7.28. The molecule has 8 heteroatoms. The molecule has 1 aliphatic carbocycles. The van der Waals surface area contributed by atoms with Crippen molar-refractivity contribution in [3.8, 4) is 17.0 Å². The lowest BCUT2D eigenvalue weighted by molar-refractivity contribution is -0.111. The number of ether oxygens (including phenoxy) is 1. The Bertz CT molecular complexity index is 1340. The Kier molecular flexibility index (Phi) is 7.50. The van der Waals surface area contributed by atoms with E-state index < -0.39 is 0 Å². The van der Waals surface area contributed by atoms with Crippen LogP contribution in [0.5, 0.6) is 5.75 Å². The van der Waals surface area contributed by atoms with Crippen molar-refractivity contribution in [1.82, 2.24) is 15.2 Å². The Labute approximate surface area is 217 Å². The molecule has 0 bridgehead atoms. The van der Waals surface area contributed by atoms with Gasteiger partial charge in [0, 0.05) is 22.5 Å². The van der Waals surface area contributed by atoms with Crippen molar-refractivity contribution in [2.45, 2.75) is 44.2 Å². The number of hydrogen-bond donors (Lipinski definition) is 3. The Hall–Kier alpha value is -3.91. The van der Waals surface area contributed by atoms with Gasteiger partial charge in [-0.1, -0.05) is 24.8 Å². The average Bonchev–Trinajstić information content (AvgIpc) is 2.88. The van der Waals surface area contributed by atoms with Gasteiger partial charge in [-0.25, -0.2) is 4.98 Å². The highest BCUT2D eigenvalue weighted by Gasteiger charge is 2.34. The minimum absolute atomic E-state index is 0.208. The number of anilines is 2. The normalized spacial score (nSPS) is 19.4. The molecule has 194 valence electrons. The maximum absolute atomic E-state index is 13.3. The minimum Gasteiger partial charge on any atom is -0.495 e. The van der Waals surface area contributed by atoms with E-state index in [1.165, 1.54) is 6.08 Å². The maximum atomic E-state index is 13.3. The van der Waals surface area contributed by atoms with Crippen molar-refractivity contribution >= 4 is 34.0 Å². The Morgan fingerprint density at radius 1 is 1.16 bits per heavy atom. The highest BCUT2D eigenvalue weighted by Crippen LogP contribution is 2.36. The second kappa shape index (κ2) is 10.6. The fourth-order valence-electron chi connectivity index (χ4n) is 4.96. The first-order chi connectivity index (χ1) is 17.6. The van der Waals surface area contributed by atoms with Crippen LogP contribution >= 0.6 is 0 Å². The number of aromatic nitrogens is 1. The summed E-state index contributed by atoms with van der Waals surface area (Å²) in [5.74, 6) is -0.0807. The number of amides is 2. The summed E-state index contributed by atoms with van der Waals surface area (Å²) in [4.78, 5) is 32.3. The molecule has 0 unspecified atom stereocenters. The molecule has 1 aliphatic rings. The lowest BCUT2D eigenvalue weighted by Crippen LogP contribution is -2.50. The Morgan fingerprint density at radius 3 is 2.51 bits per heavy atom. The lowest BCUT2D eigenvalue weighted by atomic mass is 9.80. The van der Waals surface area contributed by atoms with E-state index in [1.54, 1.807) is 25.3 Å². The smallest absolute Gasteiger partial charge is 0.272 e. The first kappa shape index (κ1) is 26.2. The Balaban J connectivity index is 1.65. The summed E-state index contributed by atoms with van der Waals surface area (Å²) >= 11 is 0. The number of nitrogen functional groups attached to an aromatic ring is 1. The summed E-state index contributed by atoms with van der Waals surface area (Å²) < 4.78 is 5.48. The lowest BCUT2D eigenvalue weighted by Gasteiger charge is -2.40. The highest BCUT2D eigenvalue weighted by molar-refractivity contribution is 6.08.